The summed E-state index contributed by atoms with van der Waals surface area (Å²) in [5.74, 6) is -0.887. The molecule has 0 aliphatic carbocycles. The van der Waals surface area contributed by atoms with Crippen molar-refractivity contribution in [3.8, 4) is 0 Å². The lowest BCUT2D eigenvalue weighted by atomic mass is 10.0. The second kappa shape index (κ2) is 69.6. The summed E-state index contributed by atoms with van der Waals surface area (Å²) in [5, 5.41) is 0. The fourth-order valence-corrected chi connectivity index (χ4v) is 9.88. The number of esters is 3. The van der Waals surface area contributed by atoms with E-state index in [1.165, 1.54) is 161 Å². The minimum atomic E-state index is -0.790. The number of ether oxygens (including phenoxy) is 3. The lowest BCUT2D eigenvalue weighted by Gasteiger charge is -2.18. The summed E-state index contributed by atoms with van der Waals surface area (Å²) in [6.07, 6.45) is 95.3. The van der Waals surface area contributed by atoms with Crippen LogP contribution in [-0.4, -0.2) is 37.2 Å². The van der Waals surface area contributed by atoms with Crippen LogP contribution in [0.2, 0.25) is 0 Å². The highest BCUT2D eigenvalue weighted by Gasteiger charge is 2.19. The van der Waals surface area contributed by atoms with Crippen molar-refractivity contribution in [2.45, 2.75) is 341 Å². The molecule has 0 spiro atoms. The SMILES string of the molecule is CC/C=C\C/C=C\C/C=C\C/C=C\C/C=C\CCCCCCCC(=O)OC(COC(=O)CCCCCCCCCCCCCCCC/C=C\C/C=C\C/C=C\C/C=C\CC)COC(=O)CCCCCCCCCCCCCCCCCC. The molecule has 0 bridgehead atoms. The third kappa shape index (κ3) is 66.9. The largest absolute Gasteiger partial charge is 0.462 e. The number of hydrogen-bond donors (Lipinski definition) is 0. The fourth-order valence-electron chi connectivity index (χ4n) is 9.88. The minimum Gasteiger partial charge on any atom is -0.462 e. The molecular formula is C76H130O6. The van der Waals surface area contributed by atoms with Gasteiger partial charge >= 0.3 is 17.9 Å². The van der Waals surface area contributed by atoms with E-state index in [4.69, 9.17) is 14.2 Å². The van der Waals surface area contributed by atoms with E-state index < -0.39 is 6.10 Å². The fraction of sp³-hybridized carbons (Fsp3) is 0.724. The number of unbranched alkanes of at least 4 members (excludes halogenated alkanes) is 34. The highest BCUT2D eigenvalue weighted by atomic mass is 16.6. The molecule has 0 aromatic rings. The maximum absolute atomic E-state index is 13.0. The molecule has 0 N–H and O–H groups in total. The Morgan fingerprint density at radius 1 is 0.256 bits per heavy atom. The molecule has 0 heterocycles. The van der Waals surface area contributed by atoms with Crippen molar-refractivity contribution in [1.29, 1.82) is 0 Å². The average Bonchev–Trinajstić information content (AvgIpc) is 3.47. The van der Waals surface area contributed by atoms with Crippen LogP contribution in [0.5, 0.6) is 0 Å². The van der Waals surface area contributed by atoms with Crippen molar-refractivity contribution < 1.29 is 28.6 Å². The Morgan fingerprint density at radius 2 is 0.476 bits per heavy atom. The van der Waals surface area contributed by atoms with Crippen LogP contribution in [0.15, 0.2) is 109 Å². The van der Waals surface area contributed by atoms with E-state index in [1.807, 2.05) is 0 Å². The molecule has 0 aromatic carbocycles. The zero-order valence-corrected chi connectivity index (χ0v) is 54.0. The molecule has 0 fully saturated rings. The maximum Gasteiger partial charge on any atom is 0.306 e. The zero-order valence-electron chi connectivity index (χ0n) is 54.0. The van der Waals surface area contributed by atoms with Gasteiger partial charge in [-0.15, -0.1) is 0 Å². The van der Waals surface area contributed by atoms with E-state index in [1.54, 1.807) is 0 Å². The summed E-state index contributed by atoms with van der Waals surface area (Å²) in [6.45, 7) is 6.44. The lowest BCUT2D eigenvalue weighted by Crippen LogP contribution is -2.30. The quantitative estimate of drug-likeness (QED) is 0.0261. The van der Waals surface area contributed by atoms with Crippen LogP contribution < -0.4 is 0 Å². The molecule has 6 nitrogen and oxygen atoms in total. The second-order valence-corrected chi connectivity index (χ2v) is 23.0. The predicted octanol–water partition coefficient (Wildman–Crippen LogP) is 24.2. The van der Waals surface area contributed by atoms with Gasteiger partial charge in [-0.1, -0.05) is 323 Å². The van der Waals surface area contributed by atoms with Crippen molar-refractivity contribution in [3.05, 3.63) is 109 Å². The Balaban J connectivity index is 4.35. The standard InChI is InChI=1S/C76H130O6/c1-4-7-10-13-16-19-22-25-28-31-33-35-36-37-38-39-40-42-43-45-48-51-54-57-60-63-66-69-75(78)81-72-73(71-80-74(77)68-65-62-59-56-53-50-47-30-27-24-21-18-15-12-9-6-3)82-76(79)70-67-64-61-58-55-52-49-46-44-41-34-32-29-26-23-20-17-14-11-8-5-2/h7-8,10-11,16-17,19-20,25-26,28-29,33-35,41,46,49,73H,4-6,9,12-15,18,21-24,27,30-32,36-40,42-45,47-48,50-72H2,1-3H3/b10-7-,11-8-,19-16-,20-17-,28-25-,29-26-,35-33-,41-34-,49-46-. The third-order valence-corrected chi connectivity index (χ3v) is 15.0. The van der Waals surface area contributed by atoms with Crippen molar-refractivity contribution in [3.63, 3.8) is 0 Å². The number of allylic oxidation sites excluding steroid dienone is 18. The smallest absolute Gasteiger partial charge is 0.306 e. The summed E-state index contributed by atoms with van der Waals surface area (Å²) >= 11 is 0. The Kier molecular flexibility index (Phi) is 66.2. The Morgan fingerprint density at radius 3 is 0.744 bits per heavy atom. The van der Waals surface area contributed by atoms with Crippen LogP contribution in [0.4, 0.5) is 0 Å². The van der Waals surface area contributed by atoms with Crippen LogP contribution in [-0.2, 0) is 28.6 Å². The van der Waals surface area contributed by atoms with E-state index in [-0.39, 0.29) is 31.1 Å². The molecular weight excluding hydrogens is 1010 g/mol. The van der Waals surface area contributed by atoms with Gasteiger partial charge in [-0.2, -0.15) is 0 Å². The zero-order chi connectivity index (χ0) is 59.2. The molecule has 0 saturated heterocycles. The van der Waals surface area contributed by atoms with E-state index in [9.17, 15) is 14.4 Å². The van der Waals surface area contributed by atoms with Crippen molar-refractivity contribution in [2.24, 2.45) is 0 Å². The van der Waals surface area contributed by atoms with Gasteiger partial charge in [0, 0.05) is 19.3 Å². The molecule has 470 valence electrons. The molecule has 82 heavy (non-hydrogen) atoms. The lowest BCUT2D eigenvalue weighted by molar-refractivity contribution is -0.167. The van der Waals surface area contributed by atoms with Gasteiger partial charge in [-0.05, 0) is 103 Å². The van der Waals surface area contributed by atoms with Crippen molar-refractivity contribution in [2.75, 3.05) is 13.2 Å². The molecule has 0 aliphatic heterocycles. The number of carbonyl (C=O) groups excluding carboxylic acids is 3. The summed E-state index contributed by atoms with van der Waals surface area (Å²) in [4.78, 5) is 38.5. The average molecular weight is 1140 g/mol. The van der Waals surface area contributed by atoms with Crippen LogP contribution in [0, 0.1) is 0 Å². The molecule has 0 radical (unpaired) electrons. The molecule has 1 atom stereocenters. The van der Waals surface area contributed by atoms with E-state index in [0.29, 0.717) is 19.3 Å². The number of rotatable bonds is 63. The van der Waals surface area contributed by atoms with E-state index >= 15 is 0 Å². The van der Waals surface area contributed by atoms with Gasteiger partial charge in [0.2, 0.25) is 0 Å². The Labute approximate surface area is 508 Å². The number of carbonyl (C=O) groups is 3. The first kappa shape index (κ1) is 78.1. The van der Waals surface area contributed by atoms with Gasteiger partial charge in [-0.25, -0.2) is 0 Å². The van der Waals surface area contributed by atoms with Crippen LogP contribution in [0.1, 0.15) is 335 Å². The molecule has 0 amide bonds. The molecule has 0 aromatic heterocycles. The number of hydrogen-bond acceptors (Lipinski definition) is 6. The van der Waals surface area contributed by atoms with Crippen molar-refractivity contribution in [1.82, 2.24) is 0 Å². The van der Waals surface area contributed by atoms with Crippen LogP contribution in [0.25, 0.3) is 0 Å². The van der Waals surface area contributed by atoms with Gasteiger partial charge < -0.3 is 14.2 Å². The Bertz CT molecular complexity index is 1640. The molecule has 0 saturated carbocycles. The van der Waals surface area contributed by atoms with Crippen LogP contribution >= 0.6 is 0 Å². The molecule has 0 rings (SSSR count). The molecule has 0 aliphatic rings. The second-order valence-electron chi connectivity index (χ2n) is 23.0. The predicted molar refractivity (Wildman–Crippen MR) is 357 cm³/mol. The summed E-state index contributed by atoms with van der Waals surface area (Å²) in [5.41, 5.74) is 0. The summed E-state index contributed by atoms with van der Waals surface area (Å²) in [6, 6.07) is 0. The van der Waals surface area contributed by atoms with E-state index in [0.717, 1.165) is 135 Å². The normalized spacial score (nSPS) is 12.8. The Hall–Kier alpha value is -3.93. The summed E-state index contributed by atoms with van der Waals surface area (Å²) < 4.78 is 17.0. The highest BCUT2D eigenvalue weighted by molar-refractivity contribution is 5.71. The van der Waals surface area contributed by atoms with Gasteiger partial charge in [0.15, 0.2) is 6.10 Å². The first-order valence-electron chi connectivity index (χ1n) is 34.9. The van der Waals surface area contributed by atoms with Crippen molar-refractivity contribution >= 4 is 17.9 Å². The van der Waals surface area contributed by atoms with E-state index in [2.05, 4.69) is 130 Å². The van der Waals surface area contributed by atoms with Gasteiger partial charge in [0.05, 0.1) is 0 Å². The third-order valence-electron chi connectivity index (χ3n) is 15.0. The topological polar surface area (TPSA) is 78.9 Å². The van der Waals surface area contributed by atoms with Gasteiger partial charge in [0.1, 0.15) is 13.2 Å². The monoisotopic (exact) mass is 1140 g/mol. The highest BCUT2D eigenvalue weighted by Crippen LogP contribution is 2.17. The van der Waals surface area contributed by atoms with Gasteiger partial charge in [-0.3, -0.25) is 14.4 Å². The minimum absolute atomic E-state index is 0.0831. The maximum atomic E-state index is 13.0. The van der Waals surface area contributed by atoms with Gasteiger partial charge in [0.25, 0.3) is 0 Å². The molecule has 6 heteroatoms. The van der Waals surface area contributed by atoms with Crippen LogP contribution in [0.3, 0.4) is 0 Å². The first-order valence-corrected chi connectivity index (χ1v) is 34.9. The first-order chi connectivity index (χ1) is 40.5. The molecule has 1 unspecified atom stereocenters. The summed E-state index contributed by atoms with van der Waals surface area (Å²) in [7, 11) is 0.